The van der Waals surface area contributed by atoms with Gasteiger partial charge in [-0.2, -0.15) is 0 Å². The molecule has 1 N–H and O–H groups in total. The van der Waals surface area contributed by atoms with Gasteiger partial charge in [-0.1, -0.05) is 18.2 Å². The van der Waals surface area contributed by atoms with Crippen molar-refractivity contribution in [3.05, 3.63) is 48.8 Å². The first-order chi connectivity index (χ1) is 8.81. The van der Waals surface area contributed by atoms with Crippen molar-refractivity contribution in [1.82, 2.24) is 9.97 Å². The molecule has 3 amide bonds. The van der Waals surface area contributed by atoms with Crippen LogP contribution >= 0.6 is 0 Å². The number of para-hydroxylation sites is 1. The second-order valence-electron chi connectivity index (χ2n) is 3.26. The monoisotopic (exact) mass is 241 g/mol. The number of anilines is 2. The summed E-state index contributed by atoms with van der Waals surface area (Å²) in [5.74, 6) is 0.124. The maximum Gasteiger partial charge on any atom is 0.335 e. The Morgan fingerprint density at radius 3 is 2.39 bits per heavy atom. The largest absolute Gasteiger partial charge is 0.335 e. The Morgan fingerprint density at radius 1 is 1.11 bits per heavy atom. The zero-order valence-electron chi connectivity index (χ0n) is 9.28. The number of benzene rings is 1. The SMILES string of the molecule is O=[C]N(C(=O)Nc1ncccn1)c1ccccc1. The van der Waals surface area contributed by atoms with Crippen molar-refractivity contribution >= 4 is 24.1 Å². The van der Waals surface area contributed by atoms with Gasteiger partial charge in [-0.05, 0) is 18.2 Å². The van der Waals surface area contributed by atoms with Crippen molar-refractivity contribution in [3.8, 4) is 0 Å². The molecule has 1 heterocycles. The topological polar surface area (TPSA) is 75.2 Å². The normalized spacial score (nSPS) is 9.56. The predicted molar refractivity (Wildman–Crippen MR) is 65.7 cm³/mol. The summed E-state index contributed by atoms with van der Waals surface area (Å²) in [5, 5.41) is 2.39. The van der Waals surface area contributed by atoms with Crippen LogP contribution in [0.4, 0.5) is 16.4 Å². The highest BCUT2D eigenvalue weighted by Crippen LogP contribution is 2.12. The fourth-order valence-corrected chi connectivity index (χ4v) is 1.30. The van der Waals surface area contributed by atoms with E-state index in [2.05, 4.69) is 15.3 Å². The molecule has 6 nitrogen and oxygen atoms in total. The van der Waals surface area contributed by atoms with Crippen molar-refractivity contribution in [3.63, 3.8) is 0 Å². The summed E-state index contributed by atoms with van der Waals surface area (Å²) < 4.78 is 0. The number of rotatable bonds is 3. The number of carbonyl (C=O) groups is 1. The van der Waals surface area contributed by atoms with Crippen LogP contribution in [0.2, 0.25) is 0 Å². The van der Waals surface area contributed by atoms with Crippen LogP contribution in [0, 0.1) is 0 Å². The van der Waals surface area contributed by atoms with Crippen molar-refractivity contribution < 1.29 is 9.59 Å². The molecule has 2 rings (SSSR count). The Kier molecular flexibility index (Phi) is 3.60. The average molecular weight is 241 g/mol. The molecule has 1 aromatic carbocycles. The molecule has 0 fully saturated rings. The van der Waals surface area contributed by atoms with E-state index in [9.17, 15) is 9.59 Å². The lowest BCUT2D eigenvalue weighted by molar-refractivity contribution is 0.259. The van der Waals surface area contributed by atoms with Crippen LogP contribution in [-0.4, -0.2) is 22.4 Å². The minimum atomic E-state index is -0.664. The van der Waals surface area contributed by atoms with Gasteiger partial charge in [0.25, 0.3) is 0 Å². The predicted octanol–water partition coefficient (Wildman–Crippen LogP) is 1.58. The number of nitrogens with zero attached hydrogens (tertiary/aromatic N) is 3. The number of aromatic nitrogens is 2. The minimum Gasteiger partial charge on any atom is -0.275 e. The zero-order valence-corrected chi connectivity index (χ0v) is 9.28. The minimum absolute atomic E-state index is 0.124. The molecular formula is C12H9N4O2. The number of imide groups is 1. The second kappa shape index (κ2) is 5.53. The third-order valence-corrected chi connectivity index (χ3v) is 2.09. The lowest BCUT2D eigenvalue weighted by Crippen LogP contribution is -2.34. The summed E-state index contributed by atoms with van der Waals surface area (Å²) in [6.45, 7) is 0. The maximum atomic E-state index is 11.8. The van der Waals surface area contributed by atoms with Crippen molar-refractivity contribution in [2.24, 2.45) is 0 Å². The molecule has 2 aromatic rings. The van der Waals surface area contributed by atoms with Crippen molar-refractivity contribution in [2.45, 2.75) is 0 Å². The van der Waals surface area contributed by atoms with E-state index in [1.54, 1.807) is 42.8 Å². The average Bonchev–Trinajstić information content (AvgIpc) is 2.42. The first kappa shape index (κ1) is 11.7. The first-order valence-corrected chi connectivity index (χ1v) is 5.12. The third-order valence-electron chi connectivity index (χ3n) is 2.09. The highest BCUT2D eigenvalue weighted by molar-refractivity contribution is 6.11. The van der Waals surface area contributed by atoms with Crippen LogP contribution in [0.3, 0.4) is 0 Å². The second-order valence-corrected chi connectivity index (χ2v) is 3.26. The van der Waals surface area contributed by atoms with Gasteiger partial charge in [0.05, 0.1) is 5.69 Å². The van der Waals surface area contributed by atoms with Crippen LogP contribution in [-0.2, 0) is 4.79 Å². The standard InChI is InChI=1S/C12H9N4O2/c17-9-16(10-5-2-1-3-6-10)12(18)15-11-13-7-4-8-14-11/h1-8H,(H,13,14,15,18). The van der Waals surface area contributed by atoms with Crippen molar-refractivity contribution in [2.75, 3.05) is 10.2 Å². The number of hydrogen-bond acceptors (Lipinski definition) is 4. The molecule has 1 aromatic heterocycles. The molecule has 0 aliphatic heterocycles. The Hall–Kier alpha value is -2.76. The molecule has 6 heteroatoms. The van der Waals surface area contributed by atoms with E-state index in [1.807, 2.05) is 0 Å². The van der Waals surface area contributed by atoms with Crippen LogP contribution in [0.1, 0.15) is 0 Å². The molecule has 0 atom stereocenters. The summed E-state index contributed by atoms with van der Waals surface area (Å²) in [5.41, 5.74) is 0.418. The molecule has 0 spiro atoms. The van der Waals surface area contributed by atoms with Gasteiger partial charge in [0.1, 0.15) is 0 Å². The fourth-order valence-electron chi connectivity index (χ4n) is 1.30. The molecule has 0 unspecified atom stereocenters. The van der Waals surface area contributed by atoms with E-state index < -0.39 is 6.03 Å². The smallest absolute Gasteiger partial charge is 0.275 e. The van der Waals surface area contributed by atoms with Gasteiger partial charge in [-0.25, -0.2) is 19.7 Å². The van der Waals surface area contributed by atoms with Gasteiger partial charge >= 0.3 is 12.4 Å². The van der Waals surface area contributed by atoms with Gasteiger partial charge in [0.2, 0.25) is 5.95 Å². The molecule has 1 radical (unpaired) electrons. The Balaban J connectivity index is 2.14. The molecular weight excluding hydrogens is 232 g/mol. The molecule has 0 saturated carbocycles. The molecule has 89 valence electrons. The van der Waals surface area contributed by atoms with Crippen LogP contribution in [0.25, 0.3) is 0 Å². The van der Waals surface area contributed by atoms with Crippen molar-refractivity contribution in [1.29, 1.82) is 0 Å². The number of nitrogens with one attached hydrogen (secondary N) is 1. The number of hydrogen-bond donors (Lipinski definition) is 1. The lowest BCUT2D eigenvalue weighted by Gasteiger charge is -2.14. The first-order valence-electron chi connectivity index (χ1n) is 5.12. The van der Waals surface area contributed by atoms with Gasteiger partial charge in [0.15, 0.2) is 0 Å². The Morgan fingerprint density at radius 2 is 1.78 bits per heavy atom. The van der Waals surface area contributed by atoms with E-state index in [-0.39, 0.29) is 5.95 Å². The van der Waals surface area contributed by atoms with Gasteiger partial charge in [-0.3, -0.25) is 10.1 Å². The van der Waals surface area contributed by atoms with E-state index in [0.29, 0.717) is 5.69 Å². The highest BCUT2D eigenvalue weighted by atomic mass is 16.2. The van der Waals surface area contributed by atoms with Gasteiger partial charge in [-0.15, -0.1) is 0 Å². The van der Waals surface area contributed by atoms with Crippen LogP contribution in [0.15, 0.2) is 48.8 Å². The molecule has 0 aliphatic carbocycles. The third kappa shape index (κ3) is 2.67. The molecule has 0 saturated heterocycles. The van der Waals surface area contributed by atoms with E-state index in [0.717, 1.165) is 4.90 Å². The number of carbonyl (C=O) groups excluding carboxylic acids is 2. The van der Waals surface area contributed by atoms with E-state index >= 15 is 0 Å². The summed E-state index contributed by atoms with van der Waals surface area (Å²) in [4.78, 5) is 31.1. The summed E-state index contributed by atoms with van der Waals surface area (Å²) >= 11 is 0. The Labute approximate surface area is 103 Å². The number of urea groups is 1. The summed E-state index contributed by atoms with van der Waals surface area (Å²) in [6.07, 6.45) is 4.53. The fraction of sp³-hybridized carbons (Fsp3) is 0. The molecule has 0 aliphatic rings. The summed E-state index contributed by atoms with van der Waals surface area (Å²) in [7, 11) is 0. The van der Waals surface area contributed by atoms with Crippen LogP contribution in [0.5, 0.6) is 0 Å². The maximum absolute atomic E-state index is 11.8. The Bertz CT molecular complexity index is 530. The van der Waals surface area contributed by atoms with Crippen LogP contribution < -0.4 is 10.2 Å². The summed E-state index contributed by atoms with van der Waals surface area (Å²) in [6, 6.07) is 9.41. The molecule has 18 heavy (non-hydrogen) atoms. The van der Waals surface area contributed by atoms with Gasteiger partial charge in [0, 0.05) is 12.4 Å². The number of amides is 3. The molecule has 0 bridgehead atoms. The lowest BCUT2D eigenvalue weighted by atomic mass is 10.3. The highest BCUT2D eigenvalue weighted by Gasteiger charge is 2.16. The van der Waals surface area contributed by atoms with E-state index in [1.165, 1.54) is 12.4 Å². The van der Waals surface area contributed by atoms with E-state index in [4.69, 9.17) is 0 Å². The zero-order chi connectivity index (χ0) is 12.8. The van der Waals surface area contributed by atoms with Gasteiger partial charge < -0.3 is 0 Å². The quantitative estimate of drug-likeness (QED) is 0.828.